The summed E-state index contributed by atoms with van der Waals surface area (Å²) in [6.07, 6.45) is 0.432. The average Bonchev–Trinajstić information content (AvgIpc) is 3.07. The predicted octanol–water partition coefficient (Wildman–Crippen LogP) is 4.43. The molecule has 0 spiro atoms. The predicted molar refractivity (Wildman–Crippen MR) is 105 cm³/mol. The summed E-state index contributed by atoms with van der Waals surface area (Å²) in [6, 6.07) is 11.0. The van der Waals surface area contributed by atoms with Crippen molar-refractivity contribution in [2.45, 2.75) is 25.8 Å². The summed E-state index contributed by atoms with van der Waals surface area (Å²) in [5.41, 5.74) is 11.1. The Morgan fingerprint density at radius 3 is 2.74 bits per heavy atom. The van der Waals surface area contributed by atoms with Crippen molar-refractivity contribution in [2.24, 2.45) is 10.4 Å². The Kier molecular flexibility index (Phi) is 6.15. The molecule has 1 atom stereocenters. The Morgan fingerprint density at radius 1 is 1.22 bits per heavy atom. The molecule has 0 fully saturated rings. The van der Waals surface area contributed by atoms with Gasteiger partial charge in [-0.25, -0.2) is 5.01 Å². The first-order valence-electron chi connectivity index (χ1n) is 8.30. The highest BCUT2D eigenvalue weighted by Gasteiger charge is 2.20. The number of hydrogen-bond donors (Lipinski definition) is 3. The van der Waals surface area contributed by atoms with E-state index in [1.807, 2.05) is 18.2 Å². The quantitative estimate of drug-likeness (QED) is 0.359. The number of benzene rings is 2. The maximum Gasteiger partial charge on any atom is 0.221 e. The summed E-state index contributed by atoms with van der Waals surface area (Å²) < 4.78 is 0. The molecule has 0 saturated heterocycles. The first-order valence-corrected chi connectivity index (χ1v) is 9.05. The lowest BCUT2D eigenvalue weighted by Crippen LogP contribution is -2.34. The molecule has 27 heavy (non-hydrogen) atoms. The molecule has 2 aromatic rings. The van der Waals surface area contributed by atoms with Crippen molar-refractivity contribution < 1.29 is 9.94 Å². The largest absolute Gasteiger partial charge is 0.391 e. The second-order valence-corrected chi connectivity index (χ2v) is 6.85. The Bertz CT molecular complexity index is 875. The summed E-state index contributed by atoms with van der Waals surface area (Å²) in [5, 5.41) is 22.5. The van der Waals surface area contributed by atoms with Crippen LogP contribution in [0.2, 0.25) is 10.0 Å². The molecule has 0 aromatic heterocycles. The Morgan fingerprint density at radius 2 is 1.96 bits per heavy atom. The molecular weight excluding hydrogens is 389 g/mol. The molecule has 0 amide bonds. The average molecular weight is 408 g/mol. The highest BCUT2D eigenvalue weighted by molar-refractivity contribution is 6.32. The third kappa shape index (κ3) is 4.32. The van der Waals surface area contributed by atoms with Gasteiger partial charge in [0.05, 0.1) is 5.71 Å². The maximum absolute atomic E-state index is 10.00. The number of hydrogen-bond acceptors (Lipinski definition) is 6. The van der Waals surface area contributed by atoms with Crippen molar-refractivity contribution in [2.75, 3.05) is 12.4 Å². The van der Waals surface area contributed by atoms with E-state index in [-0.39, 0.29) is 6.61 Å². The number of nitrogens with one attached hydrogen (secondary N) is 2. The first kappa shape index (κ1) is 19.4. The van der Waals surface area contributed by atoms with E-state index in [2.05, 4.69) is 15.7 Å². The maximum atomic E-state index is 10.00. The van der Waals surface area contributed by atoms with Crippen molar-refractivity contribution in [3.05, 3.63) is 63.1 Å². The van der Waals surface area contributed by atoms with Crippen LogP contribution in [0, 0.1) is 5.53 Å². The SMILES string of the molecule is CN(N=N)C(O)Nc1cccc(Cl)c1CO/N=C1\CCc2c(Cl)cccc21. The van der Waals surface area contributed by atoms with Gasteiger partial charge in [-0.2, -0.15) is 5.53 Å². The van der Waals surface area contributed by atoms with Crippen molar-refractivity contribution in [1.82, 2.24) is 5.01 Å². The smallest absolute Gasteiger partial charge is 0.221 e. The van der Waals surface area contributed by atoms with Crippen LogP contribution in [0.4, 0.5) is 5.69 Å². The number of halogens is 2. The fourth-order valence-corrected chi connectivity index (χ4v) is 3.36. The van der Waals surface area contributed by atoms with Crippen molar-refractivity contribution in [1.29, 1.82) is 5.53 Å². The van der Waals surface area contributed by atoms with E-state index in [9.17, 15) is 5.11 Å². The molecular formula is C18H19Cl2N5O2. The molecule has 0 saturated carbocycles. The van der Waals surface area contributed by atoms with E-state index < -0.39 is 6.35 Å². The van der Waals surface area contributed by atoms with Crippen molar-refractivity contribution >= 4 is 34.6 Å². The normalized spacial score (nSPS) is 15.3. The Labute approximate surface area is 167 Å². The number of fused-ring (bicyclic) bond motifs is 1. The summed E-state index contributed by atoms with van der Waals surface area (Å²) in [7, 11) is 1.47. The monoisotopic (exact) mass is 407 g/mol. The van der Waals surface area contributed by atoms with Gasteiger partial charge in [-0.1, -0.05) is 51.8 Å². The van der Waals surface area contributed by atoms with Crippen LogP contribution in [0.1, 0.15) is 23.1 Å². The van der Waals surface area contributed by atoms with Crippen LogP contribution < -0.4 is 5.32 Å². The minimum atomic E-state index is -1.17. The van der Waals surface area contributed by atoms with Gasteiger partial charge in [0.1, 0.15) is 6.61 Å². The molecule has 0 radical (unpaired) electrons. The van der Waals surface area contributed by atoms with E-state index in [0.29, 0.717) is 16.3 Å². The second-order valence-electron chi connectivity index (χ2n) is 6.03. The summed E-state index contributed by atoms with van der Waals surface area (Å²) >= 11 is 12.5. The molecule has 3 N–H and O–H groups in total. The molecule has 0 bridgehead atoms. The second kappa shape index (κ2) is 8.56. The summed E-state index contributed by atoms with van der Waals surface area (Å²) in [5.74, 6) is 0. The van der Waals surface area contributed by atoms with Crippen LogP contribution in [0.3, 0.4) is 0 Å². The summed E-state index contributed by atoms with van der Waals surface area (Å²) in [6.45, 7) is 0.121. The summed E-state index contributed by atoms with van der Waals surface area (Å²) in [4.78, 5) is 5.55. The molecule has 1 aliphatic carbocycles. The lowest BCUT2D eigenvalue weighted by Gasteiger charge is -2.22. The minimum absolute atomic E-state index is 0.121. The zero-order valence-corrected chi connectivity index (χ0v) is 16.1. The van der Waals surface area contributed by atoms with Gasteiger partial charge in [0.15, 0.2) is 0 Å². The van der Waals surface area contributed by atoms with Gasteiger partial charge in [-0.15, -0.1) is 0 Å². The van der Waals surface area contributed by atoms with E-state index in [0.717, 1.165) is 39.7 Å². The number of rotatable bonds is 7. The molecule has 142 valence electrons. The topological polar surface area (TPSA) is 93.3 Å². The van der Waals surface area contributed by atoms with Crippen molar-refractivity contribution in [3.63, 3.8) is 0 Å². The number of nitrogens with zero attached hydrogens (tertiary/aromatic N) is 3. The van der Waals surface area contributed by atoms with Crippen LogP contribution in [-0.2, 0) is 17.9 Å². The van der Waals surface area contributed by atoms with E-state index >= 15 is 0 Å². The number of oxime groups is 1. The molecule has 1 aliphatic rings. The van der Waals surface area contributed by atoms with Gasteiger partial charge < -0.3 is 15.3 Å². The molecule has 0 aliphatic heterocycles. The minimum Gasteiger partial charge on any atom is -0.391 e. The Hall–Kier alpha value is -2.35. The number of aliphatic hydroxyl groups excluding tert-OH is 1. The van der Waals surface area contributed by atoms with Gasteiger partial charge in [0.25, 0.3) is 0 Å². The first-order chi connectivity index (χ1) is 13.0. The van der Waals surface area contributed by atoms with Crippen molar-refractivity contribution in [3.8, 4) is 0 Å². The fraction of sp³-hybridized carbons (Fsp3) is 0.278. The van der Waals surface area contributed by atoms with Gasteiger partial charge in [-0.05, 0) is 36.6 Å². The van der Waals surface area contributed by atoms with E-state index in [1.165, 1.54) is 7.05 Å². The molecule has 2 aromatic carbocycles. The van der Waals surface area contributed by atoms with Crippen LogP contribution in [0.15, 0.2) is 46.8 Å². The van der Waals surface area contributed by atoms with Crippen LogP contribution in [0.25, 0.3) is 0 Å². The lowest BCUT2D eigenvalue weighted by atomic mass is 10.1. The number of anilines is 1. The van der Waals surface area contributed by atoms with Gasteiger partial charge in [0.2, 0.25) is 6.35 Å². The third-order valence-electron chi connectivity index (χ3n) is 4.34. The molecule has 7 nitrogen and oxygen atoms in total. The van der Waals surface area contributed by atoms with Crippen LogP contribution >= 0.6 is 23.2 Å². The van der Waals surface area contributed by atoms with Crippen LogP contribution in [0.5, 0.6) is 0 Å². The zero-order chi connectivity index (χ0) is 19.4. The molecule has 3 rings (SSSR count). The highest BCUT2D eigenvalue weighted by atomic mass is 35.5. The van der Waals surface area contributed by atoms with Gasteiger partial charge in [-0.3, -0.25) is 0 Å². The highest BCUT2D eigenvalue weighted by Crippen LogP contribution is 2.30. The molecule has 0 heterocycles. The number of aliphatic hydroxyl groups is 1. The standard InChI is InChI=1S/C18H19Cl2N5O2/c1-25(24-21)18(26)22-16-7-3-6-15(20)13(16)10-27-23-17-9-8-11-12(17)4-2-5-14(11)19/h2-7,18,21-22,26H,8-10H2,1H3/b23-17+,24-21?. The van der Waals surface area contributed by atoms with E-state index in [1.54, 1.807) is 18.2 Å². The van der Waals surface area contributed by atoms with Crippen LogP contribution in [-0.4, -0.2) is 29.2 Å². The zero-order valence-electron chi connectivity index (χ0n) is 14.6. The van der Waals surface area contributed by atoms with Gasteiger partial charge >= 0.3 is 0 Å². The fourth-order valence-electron chi connectivity index (χ4n) is 2.86. The lowest BCUT2D eigenvalue weighted by molar-refractivity contribution is 0.0392. The molecule has 9 heteroatoms. The molecule has 1 unspecified atom stereocenters. The third-order valence-corrected chi connectivity index (χ3v) is 5.05. The van der Waals surface area contributed by atoms with E-state index in [4.69, 9.17) is 33.6 Å². The Balaban J connectivity index is 1.74. The van der Waals surface area contributed by atoms with Gasteiger partial charge in [0, 0.05) is 33.9 Å².